The fraction of sp³-hybridized carbons (Fsp3) is 0.429. The van der Waals surface area contributed by atoms with E-state index in [1.165, 1.54) is 6.42 Å². The number of nitrogens with zero attached hydrogens (tertiary/aromatic N) is 2. The van der Waals surface area contributed by atoms with Crippen molar-refractivity contribution in [2.75, 3.05) is 24.5 Å². The first kappa shape index (κ1) is 17.0. The molecule has 136 valence electrons. The van der Waals surface area contributed by atoms with Crippen molar-refractivity contribution in [3.63, 3.8) is 0 Å². The first-order valence-electron chi connectivity index (χ1n) is 9.33. The summed E-state index contributed by atoms with van der Waals surface area (Å²) >= 11 is 0. The number of benzene rings is 1. The maximum Gasteiger partial charge on any atom is 0.338 e. The highest BCUT2D eigenvalue weighted by Crippen LogP contribution is 2.29. The maximum absolute atomic E-state index is 12.2. The van der Waals surface area contributed by atoms with Crippen LogP contribution in [0.25, 0.3) is 11.1 Å². The third kappa shape index (κ3) is 3.58. The summed E-state index contributed by atoms with van der Waals surface area (Å²) in [4.78, 5) is 19.1. The quantitative estimate of drug-likeness (QED) is 0.858. The number of carbonyl (C=O) groups excluding carboxylic acids is 1. The van der Waals surface area contributed by atoms with Crippen molar-refractivity contribution < 1.29 is 9.53 Å². The average Bonchev–Trinajstić information content (AvgIpc) is 2.99. The molecular formula is C21H25N3O2. The smallest absolute Gasteiger partial charge is 0.338 e. The minimum absolute atomic E-state index is 0.126. The molecule has 3 heterocycles. The summed E-state index contributed by atoms with van der Waals surface area (Å²) in [6.07, 6.45) is 4.95. The Balaban J connectivity index is 1.58. The molecule has 2 unspecified atom stereocenters. The summed E-state index contributed by atoms with van der Waals surface area (Å²) in [5, 5.41) is 3.59. The molecule has 0 spiro atoms. The minimum atomic E-state index is -0.287. The Bertz CT molecular complexity index is 793. The molecular weight excluding hydrogens is 326 g/mol. The van der Waals surface area contributed by atoms with E-state index in [1.807, 2.05) is 44.4 Å². The lowest BCUT2D eigenvalue weighted by molar-refractivity contribution is 0.0378. The van der Waals surface area contributed by atoms with E-state index in [-0.39, 0.29) is 12.1 Å². The van der Waals surface area contributed by atoms with E-state index in [9.17, 15) is 4.79 Å². The topological polar surface area (TPSA) is 54.5 Å². The zero-order valence-electron chi connectivity index (χ0n) is 15.3. The first-order valence-corrected chi connectivity index (χ1v) is 9.33. The van der Waals surface area contributed by atoms with Crippen LogP contribution >= 0.6 is 0 Å². The van der Waals surface area contributed by atoms with Gasteiger partial charge in [-0.25, -0.2) is 4.79 Å². The normalized spacial score (nSPS) is 21.9. The fourth-order valence-corrected chi connectivity index (χ4v) is 3.91. The number of hydrogen-bond acceptors (Lipinski definition) is 5. The summed E-state index contributed by atoms with van der Waals surface area (Å²) in [5.74, 6) is 0.441. The largest absolute Gasteiger partial charge is 0.459 e. The molecule has 0 amide bonds. The third-order valence-corrected chi connectivity index (χ3v) is 5.10. The van der Waals surface area contributed by atoms with Gasteiger partial charge in [-0.1, -0.05) is 12.1 Å². The van der Waals surface area contributed by atoms with Gasteiger partial charge in [-0.2, -0.15) is 0 Å². The molecule has 4 rings (SSSR count). The number of hydrogen-bond donors (Lipinski definition) is 1. The van der Waals surface area contributed by atoms with Crippen molar-refractivity contribution >= 4 is 11.7 Å². The number of esters is 1. The van der Waals surface area contributed by atoms with E-state index in [0.717, 1.165) is 42.4 Å². The number of aromatic nitrogens is 1. The van der Waals surface area contributed by atoms with Gasteiger partial charge in [0.2, 0.25) is 0 Å². The van der Waals surface area contributed by atoms with Crippen molar-refractivity contribution in [1.29, 1.82) is 0 Å². The van der Waals surface area contributed by atoms with Crippen LogP contribution in [0.3, 0.4) is 0 Å². The zero-order chi connectivity index (χ0) is 18.1. The molecule has 1 aromatic heterocycles. The molecule has 26 heavy (non-hydrogen) atoms. The van der Waals surface area contributed by atoms with Crippen molar-refractivity contribution in [3.8, 4) is 11.1 Å². The second-order valence-corrected chi connectivity index (χ2v) is 7.58. The lowest BCUT2D eigenvalue weighted by Gasteiger charge is -2.32. The lowest BCUT2D eigenvalue weighted by atomic mass is 9.99. The van der Waals surface area contributed by atoms with Gasteiger partial charge in [0.15, 0.2) is 0 Å². The number of nitrogens with one attached hydrogen (secondary N) is 1. The molecule has 2 saturated heterocycles. The van der Waals surface area contributed by atoms with Crippen LogP contribution in [0.4, 0.5) is 5.69 Å². The van der Waals surface area contributed by atoms with Gasteiger partial charge < -0.3 is 15.0 Å². The number of pyridine rings is 1. The van der Waals surface area contributed by atoms with Gasteiger partial charge in [-0.05, 0) is 49.9 Å². The highest BCUT2D eigenvalue weighted by molar-refractivity contribution is 5.91. The summed E-state index contributed by atoms with van der Waals surface area (Å²) in [5.41, 5.74) is 3.72. The number of ether oxygens (including phenoxy) is 1. The highest BCUT2D eigenvalue weighted by Gasteiger charge is 2.32. The monoisotopic (exact) mass is 351 g/mol. The van der Waals surface area contributed by atoms with Crippen molar-refractivity contribution in [2.24, 2.45) is 5.92 Å². The Kier molecular flexibility index (Phi) is 4.64. The van der Waals surface area contributed by atoms with Gasteiger partial charge in [0.25, 0.3) is 0 Å². The third-order valence-electron chi connectivity index (χ3n) is 5.10. The van der Waals surface area contributed by atoms with E-state index >= 15 is 0 Å². The Morgan fingerprint density at radius 2 is 2.12 bits per heavy atom. The lowest BCUT2D eigenvalue weighted by Crippen LogP contribution is -2.41. The Hall–Kier alpha value is -2.40. The Labute approximate surface area is 154 Å². The van der Waals surface area contributed by atoms with E-state index in [0.29, 0.717) is 11.6 Å². The highest BCUT2D eigenvalue weighted by atomic mass is 16.5. The van der Waals surface area contributed by atoms with Gasteiger partial charge in [0.1, 0.15) is 0 Å². The molecule has 2 bridgehead atoms. The van der Waals surface area contributed by atoms with Gasteiger partial charge in [0.05, 0.1) is 23.6 Å². The molecule has 2 aliphatic heterocycles. The average molecular weight is 351 g/mol. The Morgan fingerprint density at radius 3 is 2.92 bits per heavy atom. The second kappa shape index (κ2) is 7.08. The summed E-state index contributed by atoms with van der Waals surface area (Å²) < 4.78 is 5.31. The molecule has 5 heteroatoms. The summed E-state index contributed by atoms with van der Waals surface area (Å²) in [7, 11) is 0. The molecule has 0 saturated carbocycles. The standard InChI is InChI=1S/C21H25N3O2/c1-14(2)26-21(25)17-5-3-4-16(7-17)18-8-20(11-22-10-18)24-12-15-6-19(13-24)23-9-15/h3-5,7-8,10-11,14-15,19,23H,6,9,12-13H2,1-2H3. The number of carbonyl (C=O) groups is 1. The molecule has 0 aliphatic carbocycles. The predicted molar refractivity (Wildman–Crippen MR) is 102 cm³/mol. The molecule has 1 aromatic carbocycles. The van der Waals surface area contributed by atoms with E-state index in [2.05, 4.69) is 21.3 Å². The van der Waals surface area contributed by atoms with Gasteiger partial charge in [0, 0.05) is 37.4 Å². The molecule has 2 aromatic rings. The van der Waals surface area contributed by atoms with Crippen LogP contribution in [0.15, 0.2) is 42.7 Å². The summed E-state index contributed by atoms with van der Waals surface area (Å²) in [6.45, 7) is 6.94. The SMILES string of the molecule is CC(C)OC(=O)c1cccc(-c2cncc(N3CC4CNC(C4)C3)c2)c1. The van der Waals surface area contributed by atoms with Crippen LogP contribution in [0.1, 0.15) is 30.6 Å². The van der Waals surface area contributed by atoms with Crippen LogP contribution < -0.4 is 10.2 Å². The van der Waals surface area contributed by atoms with E-state index < -0.39 is 0 Å². The number of piperidine rings is 1. The van der Waals surface area contributed by atoms with E-state index in [1.54, 1.807) is 6.07 Å². The van der Waals surface area contributed by atoms with Crippen LogP contribution in [0, 0.1) is 5.92 Å². The number of rotatable bonds is 4. The molecule has 2 fully saturated rings. The van der Waals surface area contributed by atoms with Gasteiger partial charge in [-0.15, -0.1) is 0 Å². The molecule has 0 radical (unpaired) electrons. The number of anilines is 1. The molecule has 1 N–H and O–H groups in total. The van der Waals surface area contributed by atoms with Crippen molar-refractivity contribution in [2.45, 2.75) is 32.4 Å². The summed E-state index contributed by atoms with van der Waals surface area (Å²) in [6, 6.07) is 10.3. The predicted octanol–water partition coefficient (Wildman–Crippen LogP) is 3.11. The second-order valence-electron chi connectivity index (χ2n) is 7.58. The van der Waals surface area contributed by atoms with Crippen molar-refractivity contribution in [3.05, 3.63) is 48.3 Å². The molecule has 2 aliphatic rings. The van der Waals surface area contributed by atoms with Crippen LogP contribution in [0.2, 0.25) is 0 Å². The molecule has 2 atom stereocenters. The van der Waals surface area contributed by atoms with Crippen molar-refractivity contribution in [1.82, 2.24) is 10.3 Å². The van der Waals surface area contributed by atoms with E-state index in [4.69, 9.17) is 4.74 Å². The van der Waals surface area contributed by atoms with Gasteiger partial charge in [-0.3, -0.25) is 4.98 Å². The van der Waals surface area contributed by atoms with Crippen LogP contribution in [-0.2, 0) is 4.74 Å². The number of fused-ring (bicyclic) bond motifs is 2. The van der Waals surface area contributed by atoms with Gasteiger partial charge >= 0.3 is 5.97 Å². The minimum Gasteiger partial charge on any atom is -0.459 e. The molecule has 5 nitrogen and oxygen atoms in total. The van der Waals surface area contributed by atoms with Crippen LogP contribution in [-0.4, -0.2) is 42.7 Å². The zero-order valence-corrected chi connectivity index (χ0v) is 15.3. The first-order chi connectivity index (χ1) is 12.6. The maximum atomic E-state index is 12.2. The van der Waals surface area contributed by atoms with Crippen LogP contribution in [0.5, 0.6) is 0 Å². The Morgan fingerprint density at radius 1 is 1.23 bits per heavy atom. The fourth-order valence-electron chi connectivity index (χ4n) is 3.91.